The van der Waals surface area contributed by atoms with Gasteiger partial charge in [-0.2, -0.15) is 0 Å². The van der Waals surface area contributed by atoms with Crippen molar-refractivity contribution in [1.29, 1.82) is 0 Å². The predicted octanol–water partition coefficient (Wildman–Crippen LogP) is 2.33. The lowest BCUT2D eigenvalue weighted by Gasteiger charge is -2.17. The number of benzene rings is 2. The second-order valence-corrected chi connectivity index (χ2v) is 7.27. The van der Waals surface area contributed by atoms with Crippen LogP contribution in [0.15, 0.2) is 48.5 Å². The highest BCUT2D eigenvalue weighted by Gasteiger charge is 2.34. The van der Waals surface area contributed by atoms with E-state index in [4.69, 9.17) is 11.6 Å². The Labute approximate surface area is 173 Å². The Hall–Kier alpha value is -3.06. The summed E-state index contributed by atoms with van der Waals surface area (Å²) in [5.41, 5.74) is 1.06. The van der Waals surface area contributed by atoms with E-state index in [1.165, 1.54) is 12.1 Å². The van der Waals surface area contributed by atoms with Gasteiger partial charge in [0.05, 0.1) is 5.92 Å². The molecule has 0 saturated carbocycles. The van der Waals surface area contributed by atoms with Crippen molar-refractivity contribution in [2.24, 2.45) is 5.92 Å². The fourth-order valence-corrected chi connectivity index (χ4v) is 3.36. The fraction of sp³-hybridized carbons (Fsp3) is 0.286. The zero-order valence-electron chi connectivity index (χ0n) is 15.7. The molecular formula is C21H22ClN3O4. The number of nitrogens with one attached hydrogen (secondary N) is 2. The zero-order valence-corrected chi connectivity index (χ0v) is 16.5. The largest absolute Gasteiger partial charge is 0.508 e. The summed E-state index contributed by atoms with van der Waals surface area (Å²) >= 11 is 5.98. The summed E-state index contributed by atoms with van der Waals surface area (Å²) in [6.07, 6.45) is 0.710. The number of phenols is 1. The molecule has 1 unspecified atom stereocenters. The normalized spacial score (nSPS) is 16.0. The quantitative estimate of drug-likeness (QED) is 0.604. The van der Waals surface area contributed by atoms with E-state index in [1.807, 2.05) is 0 Å². The Balaban J connectivity index is 1.40. The van der Waals surface area contributed by atoms with Crippen molar-refractivity contribution >= 4 is 35.0 Å². The topological polar surface area (TPSA) is 98.7 Å². The molecule has 0 aliphatic carbocycles. The lowest BCUT2D eigenvalue weighted by atomic mass is 10.1. The van der Waals surface area contributed by atoms with Gasteiger partial charge >= 0.3 is 0 Å². The standard InChI is InChI=1S/C21H22ClN3O4/c22-16-5-2-6-17(12-16)25-13-15(11-19(25)27)21(29)24-9-3-8-23-20(28)14-4-1-7-18(26)10-14/h1-2,4-7,10,12,15,26H,3,8-9,11,13H2,(H,23,28)(H,24,29). The first-order valence-electron chi connectivity index (χ1n) is 9.35. The Morgan fingerprint density at radius 3 is 2.62 bits per heavy atom. The van der Waals surface area contributed by atoms with Crippen LogP contribution in [0.3, 0.4) is 0 Å². The third-order valence-corrected chi connectivity index (χ3v) is 4.90. The van der Waals surface area contributed by atoms with E-state index in [-0.39, 0.29) is 29.9 Å². The van der Waals surface area contributed by atoms with E-state index >= 15 is 0 Å². The highest BCUT2D eigenvalue weighted by Crippen LogP contribution is 2.27. The Kier molecular flexibility index (Phi) is 6.72. The molecule has 2 aromatic carbocycles. The van der Waals surface area contributed by atoms with Crippen LogP contribution in [0.1, 0.15) is 23.2 Å². The number of hydrogen-bond acceptors (Lipinski definition) is 4. The molecule has 0 radical (unpaired) electrons. The summed E-state index contributed by atoms with van der Waals surface area (Å²) in [5.74, 6) is -0.954. The first-order valence-corrected chi connectivity index (χ1v) is 9.72. The van der Waals surface area contributed by atoms with Crippen molar-refractivity contribution in [2.75, 3.05) is 24.5 Å². The number of carbonyl (C=O) groups excluding carboxylic acids is 3. The Morgan fingerprint density at radius 1 is 1.10 bits per heavy atom. The molecular weight excluding hydrogens is 394 g/mol. The minimum atomic E-state index is -0.414. The van der Waals surface area contributed by atoms with E-state index in [0.717, 1.165) is 0 Å². The number of phenolic OH excluding ortho intramolecular Hbond substituents is 1. The number of hydrogen-bond donors (Lipinski definition) is 3. The van der Waals surface area contributed by atoms with Gasteiger partial charge in [0.1, 0.15) is 5.75 Å². The number of aromatic hydroxyl groups is 1. The minimum absolute atomic E-state index is 0.0304. The SMILES string of the molecule is O=C(NCCCNC(=O)C1CC(=O)N(c2cccc(Cl)c2)C1)c1cccc(O)c1. The highest BCUT2D eigenvalue weighted by atomic mass is 35.5. The lowest BCUT2D eigenvalue weighted by molar-refractivity contribution is -0.126. The second kappa shape index (κ2) is 9.43. The van der Waals surface area contributed by atoms with E-state index in [9.17, 15) is 19.5 Å². The molecule has 2 aromatic rings. The van der Waals surface area contributed by atoms with Gasteiger partial charge < -0.3 is 20.6 Å². The van der Waals surface area contributed by atoms with Crippen LogP contribution in [0.4, 0.5) is 5.69 Å². The van der Waals surface area contributed by atoms with E-state index in [2.05, 4.69) is 10.6 Å². The first kappa shape index (κ1) is 20.7. The van der Waals surface area contributed by atoms with Crippen molar-refractivity contribution in [3.63, 3.8) is 0 Å². The van der Waals surface area contributed by atoms with E-state index in [1.54, 1.807) is 41.3 Å². The third-order valence-electron chi connectivity index (χ3n) is 4.66. The van der Waals surface area contributed by atoms with Gasteiger partial charge in [0.15, 0.2) is 0 Å². The van der Waals surface area contributed by atoms with Crippen LogP contribution in [-0.4, -0.2) is 42.5 Å². The summed E-state index contributed by atoms with van der Waals surface area (Å²) in [7, 11) is 0. The minimum Gasteiger partial charge on any atom is -0.508 e. The van der Waals surface area contributed by atoms with Gasteiger partial charge in [-0.05, 0) is 42.8 Å². The fourth-order valence-electron chi connectivity index (χ4n) is 3.17. The molecule has 29 heavy (non-hydrogen) atoms. The number of anilines is 1. The molecule has 1 atom stereocenters. The summed E-state index contributed by atoms with van der Waals surface area (Å²) in [6.45, 7) is 1.09. The number of amides is 3. The Bertz CT molecular complexity index is 918. The van der Waals surface area contributed by atoms with Gasteiger partial charge in [0.25, 0.3) is 5.91 Å². The summed E-state index contributed by atoms with van der Waals surface area (Å²) < 4.78 is 0. The molecule has 1 aliphatic rings. The maximum absolute atomic E-state index is 12.4. The Morgan fingerprint density at radius 2 is 1.86 bits per heavy atom. The molecule has 152 valence electrons. The van der Waals surface area contributed by atoms with Gasteiger partial charge in [-0.3, -0.25) is 14.4 Å². The second-order valence-electron chi connectivity index (χ2n) is 6.84. The smallest absolute Gasteiger partial charge is 0.251 e. The van der Waals surface area contributed by atoms with E-state index < -0.39 is 5.92 Å². The summed E-state index contributed by atoms with van der Waals surface area (Å²) in [6, 6.07) is 13.1. The van der Waals surface area contributed by atoms with Crippen LogP contribution in [0.25, 0.3) is 0 Å². The number of nitrogens with zero attached hydrogens (tertiary/aromatic N) is 1. The molecule has 8 heteroatoms. The highest BCUT2D eigenvalue weighted by molar-refractivity contribution is 6.31. The maximum Gasteiger partial charge on any atom is 0.251 e. The number of rotatable bonds is 7. The molecule has 1 saturated heterocycles. The van der Waals surface area contributed by atoms with Gasteiger partial charge in [0.2, 0.25) is 11.8 Å². The number of carbonyl (C=O) groups is 3. The molecule has 3 rings (SSSR count). The molecule has 1 heterocycles. The lowest BCUT2D eigenvalue weighted by Crippen LogP contribution is -2.35. The summed E-state index contributed by atoms with van der Waals surface area (Å²) in [5, 5.41) is 15.5. The van der Waals surface area contributed by atoms with Crippen LogP contribution in [0.5, 0.6) is 5.75 Å². The van der Waals surface area contributed by atoms with Crippen molar-refractivity contribution < 1.29 is 19.5 Å². The van der Waals surface area contributed by atoms with Crippen molar-refractivity contribution in [3.8, 4) is 5.75 Å². The molecule has 1 fully saturated rings. The third kappa shape index (κ3) is 5.48. The van der Waals surface area contributed by atoms with Crippen LogP contribution in [0.2, 0.25) is 5.02 Å². The van der Waals surface area contributed by atoms with Gasteiger partial charge in [-0.15, -0.1) is 0 Å². The molecule has 1 aliphatic heterocycles. The average molecular weight is 416 g/mol. The van der Waals surface area contributed by atoms with Crippen LogP contribution in [-0.2, 0) is 9.59 Å². The molecule has 0 bridgehead atoms. The zero-order chi connectivity index (χ0) is 20.8. The molecule has 0 spiro atoms. The van der Waals surface area contributed by atoms with E-state index in [0.29, 0.717) is 42.3 Å². The van der Waals surface area contributed by atoms with Crippen molar-refractivity contribution in [1.82, 2.24) is 10.6 Å². The van der Waals surface area contributed by atoms with Gasteiger partial charge in [-0.1, -0.05) is 23.7 Å². The molecule has 3 amide bonds. The monoisotopic (exact) mass is 415 g/mol. The van der Waals surface area contributed by atoms with Gasteiger partial charge in [0, 0.05) is 42.3 Å². The predicted molar refractivity (Wildman–Crippen MR) is 110 cm³/mol. The molecule has 3 N–H and O–H groups in total. The van der Waals surface area contributed by atoms with Crippen LogP contribution in [0, 0.1) is 5.92 Å². The summed E-state index contributed by atoms with van der Waals surface area (Å²) in [4.78, 5) is 38.2. The first-order chi connectivity index (χ1) is 13.9. The van der Waals surface area contributed by atoms with Crippen molar-refractivity contribution in [2.45, 2.75) is 12.8 Å². The maximum atomic E-state index is 12.4. The van der Waals surface area contributed by atoms with Crippen LogP contribution < -0.4 is 15.5 Å². The molecule has 7 nitrogen and oxygen atoms in total. The number of halogens is 1. The average Bonchev–Trinajstić information content (AvgIpc) is 3.09. The van der Waals surface area contributed by atoms with Crippen LogP contribution >= 0.6 is 11.6 Å². The van der Waals surface area contributed by atoms with Crippen molar-refractivity contribution in [3.05, 3.63) is 59.1 Å². The van der Waals surface area contributed by atoms with Gasteiger partial charge in [-0.25, -0.2) is 0 Å². The molecule has 0 aromatic heterocycles.